The van der Waals surface area contributed by atoms with Crippen LogP contribution >= 0.6 is 0 Å². The molecule has 1 aromatic heterocycles. The smallest absolute Gasteiger partial charge is 0.336 e. The van der Waals surface area contributed by atoms with Gasteiger partial charge in [-0.25, -0.2) is 18.2 Å². The van der Waals surface area contributed by atoms with Gasteiger partial charge in [0.2, 0.25) is 5.95 Å². The van der Waals surface area contributed by atoms with Crippen molar-refractivity contribution in [3.8, 4) is 12.1 Å². The molecule has 2 rings (SSSR count). The summed E-state index contributed by atoms with van der Waals surface area (Å²) in [6, 6.07) is 6.32. The Hall–Kier alpha value is -2.60. The van der Waals surface area contributed by atoms with E-state index in [1.54, 1.807) is 19.1 Å². The first-order valence-corrected chi connectivity index (χ1v) is 6.94. The minimum atomic E-state index is -3.86. The number of aromatic amines is 1. The average molecular weight is 293 g/mol. The first kappa shape index (κ1) is 13.8. The van der Waals surface area contributed by atoms with Crippen LogP contribution < -0.4 is 9.46 Å². The highest BCUT2D eigenvalue weighted by Gasteiger charge is 2.19. The number of benzene rings is 1. The molecule has 1 aromatic carbocycles. The van der Waals surface area contributed by atoms with Crippen LogP contribution in [0.15, 0.2) is 23.1 Å². The molecule has 0 fully saturated rings. The van der Waals surface area contributed by atoms with Gasteiger partial charge >= 0.3 is 6.01 Å². The van der Waals surface area contributed by atoms with Gasteiger partial charge in [0.1, 0.15) is 0 Å². The molecule has 0 spiro atoms. The summed E-state index contributed by atoms with van der Waals surface area (Å²) in [7, 11) is -2.50. The van der Waals surface area contributed by atoms with Crippen molar-refractivity contribution >= 4 is 16.0 Å². The highest BCUT2D eigenvalue weighted by molar-refractivity contribution is 7.92. The summed E-state index contributed by atoms with van der Waals surface area (Å²) in [6.45, 7) is 1.64. The lowest BCUT2D eigenvalue weighted by Crippen LogP contribution is -2.15. The van der Waals surface area contributed by atoms with Gasteiger partial charge in [-0.3, -0.25) is 0 Å². The minimum absolute atomic E-state index is 0.00640. The van der Waals surface area contributed by atoms with E-state index in [0.29, 0.717) is 5.56 Å². The number of aromatic nitrogens is 3. The topological polar surface area (TPSA) is 121 Å². The molecule has 104 valence electrons. The number of ether oxygens (including phenoxy) is 1. The largest absolute Gasteiger partial charge is 0.466 e. The predicted molar refractivity (Wildman–Crippen MR) is 69.6 cm³/mol. The third-order valence-corrected chi connectivity index (χ3v) is 3.97. The summed E-state index contributed by atoms with van der Waals surface area (Å²) in [5.74, 6) is -0.0661. The Bertz CT molecular complexity index is 776. The number of hydrogen-bond donors (Lipinski definition) is 2. The first-order chi connectivity index (χ1) is 9.46. The Morgan fingerprint density at radius 3 is 2.80 bits per heavy atom. The molecule has 0 atom stereocenters. The standard InChI is InChI=1S/C11H11N5O3S/c1-7-3-4-8(6-12)5-9(7)20(17,18)16-10-13-11(19-2)15-14-10/h3-5H,1-2H3,(H2,13,14,15,16). The minimum Gasteiger partial charge on any atom is -0.466 e. The fraction of sp³-hybridized carbons (Fsp3) is 0.182. The zero-order valence-corrected chi connectivity index (χ0v) is 11.5. The van der Waals surface area contributed by atoms with E-state index in [1.807, 2.05) is 6.07 Å². The van der Waals surface area contributed by atoms with Crippen LogP contribution in [0.1, 0.15) is 11.1 Å². The van der Waals surface area contributed by atoms with Crippen molar-refractivity contribution in [1.82, 2.24) is 15.2 Å². The molecule has 1 heterocycles. The van der Waals surface area contributed by atoms with E-state index in [4.69, 9.17) is 10.00 Å². The summed E-state index contributed by atoms with van der Waals surface area (Å²) < 4.78 is 31.5. The average Bonchev–Trinajstić information content (AvgIpc) is 2.86. The van der Waals surface area contributed by atoms with Crippen LogP contribution in [-0.2, 0) is 10.0 Å². The maximum Gasteiger partial charge on any atom is 0.336 e. The third kappa shape index (κ3) is 2.70. The van der Waals surface area contributed by atoms with E-state index in [-0.39, 0.29) is 22.4 Å². The second kappa shape index (κ2) is 5.18. The second-order valence-electron chi connectivity index (χ2n) is 3.87. The molecule has 0 saturated heterocycles. The van der Waals surface area contributed by atoms with Gasteiger partial charge in [0.05, 0.1) is 23.6 Å². The maximum absolute atomic E-state index is 12.2. The van der Waals surface area contributed by atoms with Gasteiger partial charge in [-0.2, -0.15) is 10.2 Å². The molecule has 2 N–H and O–H groups in total. The summed E-state index contributed by atoms with van der Waals surface area (Å²) in [4.78, 5) is 3.77. The van der Waals surface area contributed by atoms with Gasteiger partial charge in [0.25, 0.3) is 10.0 Å². The lowest BCUT2D eigenvalue weighted by molar-refractivity contribution is 0.382. The predicted octanol–water partition coefficient (Wildman–Crippen LogP) is 0.794. The van der Waals surface area contributed by atoms with Gasteiger partial charge in [0.15, 0.2) is 0 Å². The van der Waals surface area contributed by atoms with Gasteiger partial charge < -0.3 is 4.74 Å². The number of methoxy groups -OCH3 is 1. The van der Waals surface area contributed by atoms with E-state index in [1.165, 1.54) is 13.2 Å². The van der Waals surface area contributed by atoms with Crippen LogP contribution in [0.4, 0.5) is 5.95 Å². The molecule has 0 unspecified atom stereocenters. The molecule has 20 heavy (non-hydrogen) atoms. The Morgan fingerprint density at radius 2 is 2.20 bits per heavy atom. The molecule has 0 aliphatic rings. The monoisotopic (exact) mass is 293 g/mol. The number of sulfonamides is 1. The maximum atomic E-state index is 12.2. The Kier molecular flexibility index (Phi) is 3.58. The molecule has 8 nitrogen and oxygen atoms in total. The van der Waals surface area contributed by atoms with Crippen LogP contribution in [0.25, 0.3) is 0 Å². The van der Waals surface area contributed by atoms with Crippen LogP contribution in [0.5, 0.6) is 6.01 Å². The van der Waals surface area contributed by atoms with E-state index in [2.05, 4.69) is 19.9 Å². The zero-order valence-electron chi connectivity index (χ0n) is 10.7. The molecule has 2 aromatic rings. The van der Waals surface area contributed by atoms with Gasteiger partial charge in [-0.1, -0.05) is 6.07 Å². The third-order valence-electron chi connectivity index (χ3n) is 2.49. The van der Waals surface area contributed by atoms with Gasteiger partial charge in [-0.15, -0.1) is 5.10 Å². The number of nitriles is 1. The van der Waals surface area contributed by atoms with Crippen molar-refractivity contribution in [2.45, 2.75) is 11.8 Å². The summed E-state index contributed by atoms with van der Waals surface area (Å²) in [6.07, 6.45) is 0. The van der Waals surface area contributed by atoms with Crippen molar-refractivity contribution in [1.29, 1.82) is 5.26 Å². The van der Waals surface area contributed by atoms with Crippen molar-refractivity contribution in [2.75, 3.05) is 11.8 Å². The van der Waals surface area contributed by atoms with Gasteiger partial charge in [-0.05, 0) is 24.6 Å². The number of aryl methyl sites for hydroxylation is 1. The normalized spacial score (nSPS) is 10.8. The summed E-state index contributed by atoms with van der Waals surface area (Å²) in [5, 5.41) is 14.9. The molecule has 0 saturated carbocycles. The highest BCUT2D eigenvalue weighted by atomic mass is 32.2. The molecule has 0 amide bonds. The Labute approximate surface area is 115 Å². The SMILES string of the molecule is COc1n[nH]c(NS(=O)(=O)c2cc(C#N)ccc2C)n1. The second-order valence-corrected chi connectivity index (χ2v) is 5.52. The number of hydrogen-bond acceptors (Lipinski definition) is 6. The van der Waals surface area contributed by atoms with Crippen LogP contribution in [0, 0.1) is 18.3 Å². The molecule has 0 radical (unpaired) electrons. The van der Waals surface area contributed by atoms with Gasteiger partial charge in [0, 0.05) is 0 Å². The number of rotatable bonds is 4. The Morgan fingerprint density at radius 1 is 1.45 bits per heavy atom. The summed E-state index contributed by atoms with van der Waals surface area (Å²) in [5.41, 5.74) is 0.772. The van der Waals surface area contributed by atoms with Crippen LogP contribution in [-0.4, -0.2) is 30.7 Å². The molecular formula is C11H11N5O3S. The van der Waals surface area contributed by atoms with Crippen LogP contribution in [0.2, 0.25) is 0 Å². The van der Waals surface area contributed by atoms with Crippen molar-refractivity contribution in [2.24, 2.45) is 0 Å². The van der Waals surface area contributed by atoms with Crippen LogP contribution in [0.3, 0.4) is 0 Å². The first-order valence-electron chi connectivity index (χ1n) is 5.46. The van der Waals surface area contributed by atoms with Crippen molar-refractivity contribution < 1.29 is 13.2 Å². The molecule has 0 aliphatic heterocycles. The van der Waals surface area contributed by atoms with E-state index in [0.717, 1.165) is 0 Å². The van der Waals surface area contributed by atoms with Crippen molar-refractivity contribution in [3.63, 3.8) is 0 Å². The van der Waals surface area contributed by atoms with E-state index >= 15 is 0 Å². The summed E-state index contributed by atoms with van der Waals surface area (Å²) >= 11 is 0. The van der Waals surface area contributed by atoms with E-state index < -0.39 is 10.0 Å². The number of H-pyrrole nitrogens is 1. The highest BCUT2D eigenvalue weighted by Crippen LogP contribution is 2.19. The zero-order chi connectivity index (χ0) is 14.8. The van der Waals surface area contributed by atoms with Crippen molar-refractivity contribution in [3.05, 3.63) is 29.3 Å². The number of nitrogens with one attached hydrogen (secondary N) is 2. The fourth-order valence-electron chi connectivity index (χ4n) is 1.52. The Balaban J connectivity index is 2.38. The number of nitrogens with zero attached hydrogens (tertiary/aromatic N) is 3. The lowest BCUT2D eigenvalue weighted by Gasteiger charge is -2.08. The quantitative estimate of drug-likeness (QED) is 0.859. The molecular weight excluding hydrogens is 282 g/mol. The van der Waals surface area contributed by atoms with E-state index in [9.17, 15) is 8.42 Å². The lowest BCUT2D eigenvalue weighted by atomic mass is 10.2. The fourth-order valence-corrected chi connectivity index (χ4v) is 2.75. The molecule has 9 heteroatoms. The molecule has 0 aliphatic carbocycles. The molecule has 0 bridgehead atoms. The number of anilines is 1.